The molecule has 7 nitrogen and oxygen atoms in total. The van der Waals surface area contributed by atoms with E-state index in [-0.39, 0.29) is 11.8 Å². The van der Waals surface area contributed by atoms with E-state index in [0.29, 0.717) is 26.2 Å². The molecular formula is C24H32N4O3. The Kier molecular flexibility index (Phi) is 6.61. The minimum absolute atomic E-state index is 0.0290. The van der Waals surface area contributed by atoms with E-state index in [1.807, 2.05) is 28.0 Å². The topological polar surface area (TPSA) is 61.9 Å². The number of hydrogen-bond acceptors (Lipinski definition) is 4. The fourth-order valence-corrected chi connectivity index (χ4v) is 4.45. The van der Waals surface area contributed by atoms with Crippen molar-refractivity contribution in [2.24, 2.45) is 0 Å². The molecule has 2 saturated heterocycles. The lowest BCUT2D eigenvalue weighted by Crippen LogP contribution is -2.51. The van der Waals surface area contributed by atoms with Crippen molar-refractivity contribution in [1.29, 1.82) is 0 Å². The number of carbonyl (C=O) groups is 2. The SMILES string of the molecule is Cc1cc(/C=C/C(=O)N2CCN(CC(=O)N3CCCC3)CC2)c(C)n1Cc1ccco1. The molecule has 2 amide bonds. The van der Waals surface area contributed by atoms with Gasteiger partial charge in [0, 0.05) is 56.7 Å². The van der Waals surface area contributed by atoms with E-state index in [1.54, 1.807) is 12.3 Å². The van der Waals surface area contributed by atoms with Gasteiger partial charge in [-0.25, -0.2) is 0 Å². The van der Waals surface area contributed by atoms with E-state index in [0.717, 1.165) is 61.7 Å². The van der Waals surface area contributed by atoms with Crippen LogP contribution in [0.1, 0.15) is 35.6 Å². The Hall–Kier alpha value is -2.80. The monoisotopic (exact) mass is 424 g/mol. The van der Waals surface area contributed by atoms with Crippen LogP contribution in [0.2, 0.25) is 0 Å². The summed E-state index contributed by atoms with van der Waals surface area (Å²) in [5.41, 5.74) is 3.30. The summed E-state index contributed by atoms with van der Waals surface area (Å²) in [6.45, 7) is 9.89. The number of aryl methyl sites for hydroxylation is 1. The van der Waals surface area contributed by atoms with Gasteiger partial charge in [-0.05, 0) is 56.5 Å². The van der Waals surface area contributed by atoms with Gasteiger partial charge in [0.2, 0.25) is 11.8 Å². The number of carbonyl (C=O) groups excluding carboxylic acids is 2. The Morgan fingerprint density at radius 3 is 2.45 bits per heavy atom. The molecule has 7 heteroatoms. The van der Waals surface area contributed by atoms with E-state index in [1.165, 1.54) is 0 Å². The van der Waals surface area contributed by atoms with Crippen LogP contribution in [0.4, 0.5) is 0 Å². The van der Waals surface area contributed by atoms with Crippen LogP contribution in [0.15, 0.2) is 35.0 Å². The van der Waals surface area contributed by atoms with Crippen LogP contribution in [-0.2, 0) is 16.1 Å². The summed E-state index contributed by atoms with van der Waals surface area (Å²) < 4.78 is 7.66. The van der Waals surface area contributed by atoms with Gasteiger partial charge in [0.1, 0.15) is 5.76 Å². The number of amides is 2. The molecule has 2 aromatic rings. The van der Waals surface area contributed by atoms with Gasteiger partial charge < -0.3 is 18.8 Å². The predicted octanol–water partition coefficient (Wildman–Crippen LogP) is 2.53. The highest BCUT2D eigenvalue weighted by Crippen LogP contribution is 2.19. The van der Waals surface area contributed by atoms with Crippen LogP contribution >= 0.6 is 0 Å². The van der Waals surface area contributed by atoms with Crippen molar-refractivity contribution in [3.8, 4) is 0 Å². The summed E-state index contributed by atoms with van der Waals surface area (Å²) in [5, 5.41) is 0. The lowest BCUT2D eigenvalue weighted by Gasteiger charge is -2.34. The molecule has 0 bridgehead atoms. The molecule has 0 aliphatic carbocycles. The number of rotatable bonds is 6. The maximum absolute atomic E-state index is 12.7. The van der Waals surface area contributed by atoms with Gasteiger partial charge in [-0.15, -0.1) is 0 Å². The van der Waals surface area contributed by atoms with E-state index < -0.39 is 0 Å². The van der Waals surface area contributed by atoms with Gasteiger partial charge in [-0.1, -0.05) is 0 Å². The Labute approximate surface area is 183 Å². The lowest BCUT2D eigenvalue weighted by atomic mass is 10.2. The molecule has 2 aromatic heterocycles. The molecule has 0 radical (unpaired) electrons. The molecular weight excluding hydrogens is 392 g/mol. The molecule has 4 rings (SSSR count). The third kappa shape index (κ3) is 5.10. The van der Waals surface area contributed by atoms with Crippen molar-refractivity contribution in [3.63, 3.8) is 0 Å². The van der Waals surface area contributed by atoms with Crippen LogP contribution < -0.4 is 0 Å². The van der Waals surface area contributed by atoms with Gasteiger partial charge in [-0.2, -0.15) is 0 Å². The maximum atomic E-state index is 12.7. The van der Waals surface area contributed by atoms with Crippen LogP contribution in [0.3, 0.4) is 0 Å². The quantitative estimate of drug-likeness (QED) is 0.669. The highest BCUT2D eigenvalue weighted by molar-refractivity contribution is 5.92. The van der Waals surface area contributed by atoms with E-state index in [4.69, 9.17) is 4.42 Å². The minimum Gasteiger partial charge on any atom is -0.467 e. The van der Waals surface area contributed by atoms with E-state index in [9.17, 15) is 9.59 Å². The first-order chi connectivity index (χ1) is 15.0. The summed E-state index contributed by atoms with van der Waals surface area (Å²) in [6.07, 6.45) is 7.50. The zero-order chi connectivity index (χ0) is 21.8. The Bertz CT molecular complexity index is 930. The van der Waals surface area contributed by atoms with Gasteiger partial charge in [-0.3, -0.25) is 14.5 Å². The summed E-state index contributed by atoms with van der Waals surface area (Å²) in [4.78, 5) is 31.0. The first kappa shape index (κ1) is 21.4. The standard InChI is InChI=1S/C24H32N4O3/c1-19-16-21(20(2)28(19)17-22-6-5-15-31-22)7-8-23(29)27-13-11-25(12-14-27)18-24(30)26-9-3-4-10-26/h5-8,15-16H,3-4,9-14,17-18H2,1-2H3/b8-7+. The van der Waals surface area contributed by atoms with Gasteiger partial charge in [0.05, 0.1) is 19.4 Å². The first-order valence-corrected chi connectivity index (χ1v) is 11.2. The molecule has 166 valence electrons. The van der Waals surface area contributed by atoms with Crippen molar-refractivity contribution in [3.05, 3.63) is 53.2 Å². The molecule has 0 N–H and O–H groups in total. The summed E-state index contributed by atoms with van der Waals surface area (Å²) in [6, 6.07) is 5.96. The van der Waals surface area contributed by atoms with Crippen LogP contribution in [0.25, 0.3) is 6.08 Å². The molecule has 2 aliphatic heterocycles. The van der Waals surface area contributed by atoms with Gasteiger partial charge >= 0.3 is 0 Å². The summed E-state index contributed by atoms with van der Waals surface area (Å²) in [5.74, 6) is 1.16. The second-order valence-corrected chi connectivity index (χ2v) is 8.51. The van der Waals surface area contributed by atoms with Crippen LogP contribution in [0, 0.1) is 13.8 Å². The Morgan fingerprint density at radius 1 is 1.03 bits per heavy atom. The third-order valence-electron chi connectivity index (χ3n) is 6.41. The zero-order valence-corrected chi connectivity index (χ0v) is 18.5. The van der Waals surface area contributed by atoms with Gasteiger partial charge in [0.15, 0.2) is 0 Å². The number of aromatic nitrogens is 1. The van der Waals surface area contributed by atoms with Crippen LogP contribution in [0.5, 0.6) is 0 Å². The molecule has 0 aromatic carbocycles. The predicted molar refractivity (Wildman–Crippen MR) is 120 cm³/mol. The second-order valence-electron chi connectivity index (χ2n) is 8.51. The number of hydrogen-bond donors (Lipinski definition) is 0. The second kappa shape index (κ2) is 9.56. The van der Waals surface area contributed by atoms with Crippen molar-refractivity contribution in [2.75, 3.05) is 45.8 Å². The van der Waals surface area contributed by atoms with Crippen molar-refractivity contribution in [1.82, 2.24) is 19.3 Å². The smallest absolute Gasteiger partial charge is 0.246 e. The van der Waals surface area contributed by atoms with Gasteiger partial charge in [0.25, 0.3) is 0 Å². The molecule has 31 heavy (non-hydrogen) atoms. The van der Waals surface area contributed by atoms with Crippen molar-refractivity contribution < 1.29 is 14.0 Å². The average molecular weight is 425 g/mol. The molecule has 0 spiro atoms. The fraction of sp³-hybridized carbons (Fsp3) is 0.500. The number of furan rings is 1. The number of likely N-dealkylation sites (tertiary alicyclic amines) is 1. The number of nitrogens with zero attached hydrogens (tertiary/aromatic N) is 4. The zero-order valence-electron chi connectivity index (χ0n) is 18.5. The minimum atomic E-state index is 0.0290. The molecule has 0 saturated carbocycles. The molecule has 0 unspecified atom stereocenters. The molecule has 0 atom stereocenters. The molecule has 4 heterocycles. The first-order valence-electron chi connectivity index (χ1n) is 11.2. The average Bonchev–Trinajstić information content (AvgIpc) is 3.52. The van der Waals surface area contributed by atoms with E-state index in [2.05, 4.69) is 29.4 Å². The highest BCUT2D eigenvalue weighted by atomic mass is 16.3. The maximum Gasteiger partial charge on any atom is 0.246 e. The lowest BCUT2D eigenvalue weighted by molar-refractivity contribution is -0.132. The molecule has 2 aliphatic rings. The highest BCUT2D eigenvalue weighted by Gasteiger charge is 2.24. The summed E-state index contributed by atoms with van der Waals surface area (Å²) in [7, 11) is 0. The van der Waals surface area contributed by atoms with Crippen molar-refractivity contribution >= 4 is 17.9 Å². The van der Waals surface area contributed by atoms with Crippen molar-refractivity contribution in [2.45, 2.75) is 33.2 Å². The number of piperazine rings is 1. The van der Waals surface area contributed by atoms with Crippen LogP contribution in [-0.4, -0.2) is 76.9 Å². The summed E-state index contributed by atoms with van der Waals surface area (Å²) >= 11 is 0. The molecule has 2 fully saturated rings. The normalized spacial score (nSPS) is 17.7. The van der Waals surface area contributed by atoms with E-state index >= 15 is 0 Å². The third-order valence-corrected chi connectivity index (χ3v) is 6.41. The Balaban J connectivity index is 1.29. The Morgan fingerprint density at radius 2 is 1.77 bits per heavy atom. The largest absolute Gasteiger partial charge is 0.467 e. The fourth-order valence-electron chi connectivity index (χ4n) is 4.45.